The number of phosphoric acid groups is 1. The van der Waals surface area contributed by atoms with Gasteiger partial charge >= 0.3 is 0 Å². The van der Waals surface area contributed by atoms with E-state index in [1.165, 1.54) is 70.6 Å². The Balaban J connectivity index is 4.66. The topological polar surface area (TPSA) is 128 Å². The fourth-order valence-electron chi connectivity index (χ4n) is 5.67. The van der Waals surface area contributed by atoms with Crippen molar-refractivity contribution in [2.75, 3.05) is 40.9 Å². The van der Waals surface area contributed by atoms with Crippen LogP contribution in [0.1, 0.15) is 149 Å². The van der Waals surface area contributed by atoms with E-state index < -0.39 is 32.7 Å². The largest absolute Gasteiger partial charge is 0.756 e. The Morgan fingerprint density at radius 2 is 1.25 bits per heavy atom. The quantitative estimate of drug-likeness (QED) is 0.0186. The molecular formula is C47H83N2O7P. The molecule has 0 bridgehead atoms. The molecule has 0 aromatic rings. The molecular weight excluding hydrogens is 735 g/mol. The van der Waals surface area contributed by atoms with Gasteiger partial charge in [0, 0.05) is 6.42 Å². The molecule has 10 heteroatoms. The number of unbranched alkanes of at least 4 members (excludes halogenated alkanes) is 13. The molecule has 328 valence electrons. The number of quaternary nitrogens is 1. The van der Waals surface area contributed by atoms with Crippen molar-refractivity contribution in [3.05, 3.63) is 85.1 Å². The van der Waals surface area contributed by atoms with Crippen molar-refractivity contribution in [3.63, 3.8) is 0 Å². The monoisotopic (exact) mass is 819 g/mol. The van der Waals surface area contributed by atoms with Crippen LogP contribution >= 0.6 is 7.82 Å². The van der Waals surface area contributed by atoms with Crippen molar-refractivity contribution in [3.8, 4) is 0 Å². The van der Waals surface area contributed by atoms with Crippen molar-refractivity contribution in [2.45, 2.75) is 167 Å². The zero-order chi connectivity index (χ0) is 42.3. The number of likely N-dealkylation sites (N-methyl/N-ethyl adjacent to an activating group) is 1. The fourth-order valence-corrected chi connectivity index (χ4v) is 6.39. The number of aliphatic hydroxyl groups excluding tert-OH is 2. The lowest BCUT2D eigenvalue weighted by atomic mass is 10.0. The number of hydrogen-bond acceptors (Lipinski definition) is 7. The first-order valence-corrected chi connectivity index (χ1v) is 23.5. The molecule has 2 unspecified atom stereocenters. The van der Waals surface area contributed by atoms with Crippen LogP contribution in [0.2, 0.25) is 0 Å². The zero-order valence-electron chi connectivity index (χ0n) is 36.6. The van der Waals surface area contributed by atoms with Crippen molar-refractivity contribution in [1.82, 2.24) is 5.32 Å². The van der Waals surface area contributed by atoms with E-state index in [-0.39, 0.29) is 18.9 Å². The maximum atomic E-state index is 12.8. The minimum Gasteiger partial charge on any atom is -0.756 e. The van der Waals surface area contributed by atoms with Crippen LogP contribution in [0.4, 0.5) is 0 Å². The van der Waals surface area contributed by atoms with E-state index in [1.807, 2.05) is 63.7 Å². The number of rotatable bonds is 38. The van der Waals surface area contributed by atoms with Crippen LogP contribution in [0, 0.1) is 0 Å². The molecule has 0 aromatic carbocycles. The van der Waals surface area contributed by atoms with Gasteiger partial charge in [-0.2, -0.15) is 0 Å². The summed E-state index contributed by atoms with van der Waals surface area (Å²) >= 11 is 0. The highest BCUT2D eigenvalue weighted by molar-refractivity contribution is 7.45. The number of nitrogens with zero attached hydrogens (tertiary/aromatic N) is 1. The predicted molar refractivity (Wildman–Crippen MR) is 239 cm³/mol. The highest BCUT2D eigenvalue weighted by Gasteiger charge is 2.23. The van der Waals surface area contributed by atoms with Crippen LogP contribution in [-0.2, 0) is 18.4 Å². The summed E-state index contributed by atoms with van der Waals surface area (Å²) in [6.45, 7) is 4.38. The van der Waals surface area contributed by atoms with Crippen LogP contribution in [0.25, 0.3) is 0 Å². The van der Waals surface area contributed by atoms with E-state index in [9.17, 15) is 24.5 Å². The average Bonchev–Trinajstić information content (AvgIpc) is 3.16. The van der Waals surface area contributed by atoms with E-state index in [4.69, 9.17) is 9.05 Å². The Kier molecular flexibility index (Phi) is 36.3. The molecule has 0 rings (SSSR count). The second kappa shape index (κ2) is 37.9. The molecule has 0 fully saturated rings. The summed E-state index contributed by atoms with van der Waals surface area (Å²) in [6.07, 6.45) is 48.1. The fraction of sp³-hybridized carbons (Fsp3) is 0.681. The Hall–Kier alpha value is -2.36. The molecule has 0 aliphatic rings. The van der Waals surface area contributed by atoms with Gasteiger partial charge in [0.1, 0.15) is 13.2 Å². The van der Waals surface area contributed by atoms with E-state index >= 15 is 0 Å². The number of allylic oxidation sites excluding steroid dienone is 11. The SMILES string of the molecule is CC/C=C\C/C=C\CC(O)/C=C/C=C\C/C=C\C/C=C\CCC(=O)N[C@@H](COP(=O)([O-])OCC[N+](C)(C)C)[C@H](O)/C=C/CCCCCCCCCCCCCCC. The molecule has 1 amide bonds. The number of amides is 1. The van der Waals surface area contributed by atoms with Gasteiger partial charge in [0.2, 0.25) is 5.91 Å². The summed E-state index contributed by atoms with van der Waals surface area (Å²) in [5.41, 5.74) is 0. The van der Waals surface area contributed by atoms with E-state index in [0.29, 0.717) is 23.9 Å². The Bertz CT molecular complexity index is 1220. The highest BCUT2D eigenvalue weighted by Crippen LogP contribution is 2.38. The minimum absolute atomic E-state index is 0.0282. The third-order valence-corrected chi connectivity index (χ3v) is 10.2. The lowest BCUT2D eigenvalue weighted by Gasteiger charge is -2.29. The Morgan fingerprint density at radius 3 is 1.86 bits per heavy atom. The summed E-state index contributed by atoms with van der Waals surface area (Å²) in [7, 11) is 1.17. The summed E-state index contributed by atoms with van der Waals surface area (Å²) in [5, 5.41) is 23.7. The Morgan fingerprint density at radius 1 is 0.684 bits per heavy atom. The summed E-state index contributed by atoms with van der Waals surface area (Å²) in [6, 6.07) is -0.947. The lowest BCUT2D eigenvalue weighted by molar-refractivity contribution is -0.870. The van der Waals surface area contributed by atoms with Crippen molar-refractivity contribution in [1.29, 1.82) is 0 Å². The zero-order valence-corrected chi connectivity index (χ0v) is 37.5. The summed E-state index contributed by atoms with van der Waals surface area (Å²) < 4.78 is 23.1. The maximum Gasteiger partial charge on any atom is 0.268 e. The third-order valence-electron chi connectivity index (χ3n) is 9.20. The van der Waals surface area contributed by atoms with Gasteiger partial charge in [-0.25, -0.2) is 0 Å². The normalized spacial score (nSPS) is 15.7. The molecule has 4 atom stereocenters. The van der Waals surface area contributed by atoms with Crippen LogP contribution < -0.4 is 10.2 Å². The number of aliphatic hydroxyl groups is 2. The molecule has 57 heavy (non-hydrogen) atoms. The van der Waals surface area contributed by atoms with Gasteiger partial charge in [-0.1, -0.05) is 176 Å². The summed E-state index contributed by atoms with van der Waals surface area (Å²) in [4.78, 5) is 25.3. The molecule has 9 nitrogen and oxygen atoms in total. The van der Waals surface area contributed by atoms with E-state index in [2.05, 4.69) is 49.5 Å². The second-order valence-corrected chi connectivity index (χ2v) is 17.3. The number of nitrogens with one attached hydrogen (secondary N) is 1. The maximum absolute atomic E-state index is 12.8. The van der Waals surface area contributed by atoms with Gasteiger partial charge in [-0.3, -0.25) is 9.36 Å². The van der Waals surface area contributed by atoms with Gasteiger partial charge in [-0.15, -0.1) is 0 Å². The molecule has 3 N–H and O–H groups in total. The number of phosphoric ester groups is 1. The first-order chi connectivity index (χ1) is 27.4. The molecule has 0 saturated carbocycles. The highest BCUT2D eigenvalue weighted by atomic mass is 31.2. The minimum atomic E-state index is -4.62. The van der Waals surface area contributed by atoms with Gasteiger partial charge in [-0.05, 0) is 51.4 Å². The number of hydrogen-bond donors (Lipinski definition) is 3. The second-order valence-electron chi connectivity index (χ2n) is 15.9. The standard InChI is InChI=1S/C47H83N2O7P/c1-6-8-10-12-14-15-16-17-18-19-20-24-27-31-35-39-46(51)45(43-56-57(53,54)55-42-41-49(3,4)5)48-47(52)40-36-32-28-25-22-21-23-26-30-34-38-44(50)37-33-29-13-11-9-7-2/h9,11,21-22,26,28-30,32-35,38-39,44-46,50-51H,6-8,10,12-20,23-25,27,31,36-37,40-43H2,1-5H3,(H-,48,52,53,54)/b11-9-,22-21-,30-26-,32-28-,33-29-,38-34+,39-35+/t44?,45-,46+/m0/s1. The number of carbonyl (C=O) groups is 1. The molecule has 0 saturated heterocycles. The molecule has 0 spiro atoms. The van der Waals surface area contributed by atoms with Crippen molar-refractivity contribution < 1.29 is 38.0 Å². The van der Waals surface area contributed by atoms with Crippen LogP contribution in [0.3, 0.4) is 0 Å². The first kappa shape index (κ1) is 54.6. The van der Waals surface area contributed by atoms with Gasteiger partial charge in [0.25, 0.3) is 7.82 Å². The first-order valence-electron chi connectivity index (χ1n) is 22.1. The van der Waals surface area contributed by atoms with Crippen LogP contribution in [0.15, 0.2) is 85.1 Å². The third kappa shape index (κ3) is 40.2. The van der Waals surface area contributed by atoms with Gasteiger partial charge in [0.05, 0.1) is 46.0 Å². The Labute approximate surface area is 349 Å². The summed E-state index contributed by atoms with van der Waals surface area (Å²) in [5.74, 6) is -0.303. The lowest BCUT2D eigenvalue weighted by Crippen LogP contribution is -2.45. The van der Waals surface area contributed by atoms with Crippen LogP contribution in [0.5, 0.6) is 0 Å². The smallest absolute Gasteiger partial charge is 0.268 e. The van der Waals surface area contributed by atoms with Gasteiger partial charge in [0.15, 0.2) is 0 Å². The molecule has 0 aromatic heterocycles. The van der Waals surface area contributed by atoms with E-state index in [0.717, 1.165) is 44.9 Å². The van der Waals surface area contributed by atoms with Crippen molar-refractivity contribution in [2.24, 2.45) is 0 Å². The molecule has 0 heterocycles. The molecule has 0 aliphatic carbocycles. The predicted octanol–water partition coefficient (Wildman–Crippen LogP) is 10.5. The van der Waals surface area contributed by atoms with Crippen molar-refractivity contribution >= 4 is 13.7 Å². The van der Waals surface area contributed by atoms with E-state index in [1.54, 1.807) is 12.2 Å². The van der Waals surface area contributed by atoms with Crippen LogP contribution in [-0.4, -0.2) is 79.8 Å². The molecule has 0 aliphatic heterocycles. The molecule has 0 radical (unpaired) electrons. The average molecular weight is 819 g/mol. The number of carbonyl (C=O) groups excluding carboxylic acids is 1. The van der Waals surface area contributed by atoms with Gasteiger partial charge < -0.3 is 34.0 Å².